The average Bonchev–Trinajstić information content (AvgIpc) is 2.68. The molecule has 0 aliphatic heterocycles. The monoisotopic (exact) mass is 406 g/mol. The summed E-state index contributed by atoms with van der Waals surface area (Å²) < 4.78 is 38.0. The number of amides is 1. The number of sulfonamides is 1. The standard InChI is InChI=1S/C20H26N2O5S/c1-4-15(3)22-28(24,25)17-12-10-16(11-13-17)27-14-20(23)21-18-8-6-7-9-19(18)26-5-2/h6-13,15,22H,4-5,14H2,1-3H3,(H,21,23)/t15-/m0/s1. The summed E-state index contributed by atoms with van der Waals surface area (Å²) in [6, 6.07) is 12.9. The van der Waals surface area contributed by atoms with Gasteiger partial charge >= 0.3 is 0 Å². The van der Waals surface area contributed by atoms with E-state index in [9.17, 15) is 13.2 Å². The van der Waals surface area contributed by atoms with Crippen LogP contribution in [0.3, 0.4) is 0 Å². The minimum absolute atomic E-state index is 0.148. The Morgan fingerprint density at radius 1 is 1.04 bits per heavy atom. The van der Waals surface area contributed by atoms with Gasteiger partial charge in [0.15, 0.2) is 6.61 Å². The predicted molar refractivity (Wildman–Crippen MR) is 108 cm³/mol. The van der Waals surface area contributed by atoms with Gasteiger partial charge in [-0.15, -0.1) is 0 Å². The van der Waals surface area contributed by atoms with Gasteiger partial charge in [0.2, 0.25) is 10.0 Å². The fourth-order valence-corrected chi connectivity index (χ4v) is 3.64. The van der Waals surface area contributed by atoms with E-state index in [1.165, 1.54) is 24.3 Å². The van der Waals surface area contributed by atoms with Crippen molar-refractivity contribution in [2.45, 2.75) is 38.1 Å². The van der Waals surface area contributed by atoms with Crippen molar-refractivity contribution < 1.29 is 22.7 Å². The number of carbonyl (C=O) groups is 1. The molecule has 152 valence electrons. The van der Waals surface area contributed by atoms with Crippen LogP contribution >= 0.6 is 0 Å². The van der Waals surface area contributed by atoms with Gasteiger partial charge in [-0.1, -0.05) is 19.1 Å². The topological polar surface area (TPSA) is 93.7 Å². The van der Waals surface area contributed by atoms with Gasteiger partial charge in [-0.25, -0.2) is 13.1 Å². The zero-order chi connectivity index (χ0) is 20.6. The lowest BCUT2D eigenvalue weighted by atomic mass is 10.3. The van der Waals surface area contributed by atoms with Gasteiger partial charge < -0.3 is 14.8 Å². The number of ether oxygens (including phenoxy) is 2. The van der Waals surface area contributed by atoms with Gasteiger partial charge in [0.05, 0.1) is 17.2 Å². The highest BCUT2D eigenvalue weighted by Crippen LogP contribution is 2.23. The molecule has 0 bridgehead atoms. The third-order valence-electron chi connectivity index (χ3n) is 3.93. The highest BCUT2D eigenvalue weighted by atomic mass is 32.2. The Hall–Kier alpha value is -2.58. The number of benzene rings is 2. The summed E-state index contributed by atoms with van der Waals surface area (Å²) in [6.45, 7) is 5.85. The van der Waals surface area contributed by atoms with Crippen molar-refractivity contribution in [3.63, 3.8) is 0 Å². The second kappa shape index (κ2) is 10.1. The quantitative estimate of drug-likeness (QED) is 0.632. The van der Waals surface area contributed by atoms with E-state index in [4.69, 9.17) is 9.47 Å². The smallest absolute Gasteiger partial charge is 0.262 e. The zero-order valence-electron chi connectivity index (χ0n) is 16.3. The molecule has 0 saturated heterocycles. The van der Waals surface area contributed by atoms with Gasteiger partial charge in [-0.3, -0.25) is 4.79 Å². The Balaban J connectivity index is 1.94. The van der Waals surface area contributed by atoms with E-state index in [0.29, 0.717) is 30.2 Å². The van der Waals surface area contributed by atoms with Gasteiger partial charge in [-0.05, 0) is 56.7 Å². The number of anilines is 1. The maximum atomic E-state index is 12.2. The van der Waals surface area contributed by atoms with E-state index in [2.05, 4.69) is 10.0 Å². The van der Waals surface area contributed by atoms with Gasteiger partial charge in [0.1, 0.15) is 11.5 Å². The Morgan fingerprint density at radius 2 is 1.71 bits per heavy atom. The van der Waals surface area contributed by atoms with Crippen LogP contribution in [0.1, 0.15) is 27.2 Å². The molecule has 0 spiro atoms. The number of para-hydroxylation sites is 2. The second-order valence-corrected chi connectivity index (χ2v) is 7.88. The molecule has 0 fully saturated rings. The molecule has 1 amide bonds. The maximum Gasteiger partial charge on any atom is 0.262 e. The summed E-state index contributed by atoms with van der Waals surface area (Å²) in [5, 5.41) is 2.73. The SMILES string of the molecule is CCOc1ccccc1NC(=O)COc1ccc(S(=O)(=O)N[C@@H](C)CC)cc1. The normalized spacial score (nSPS) is 12.2. The highest BCUT2D eigenvalue weighted by Gasteiger charge is 2.16. The van der Waals surface area contributed by atoms with Crippen molar-refractivity contribution >= 4 is 21.6 Å². The summed E-state index contributed by atoms with van der Waals surface area (Å²) in [4.78, 5) is 12.3. The molecule has 7 nitrogen and oxygen atoms in total. The van der Waals surface area contributed by atoms with Gasteiger partial charge in [-0.2, -0.15) is 0 Å². The number of nitrogens with one attached hydrogen (secondary N) is 2. The van der Waals surface area contributed by atoms with Crippen LogP contribution in [0.15, 0.2) is 53.4 Å². The summed E-state index contributed by atoms with van der Waals surface area (Å²) in [5.74, 6) is 0.639. The lowest BCUT2D eigenvalue weighted by Gasteiger charge is -2.13. The third-order valence-corrected chi connectivity index (χ3v) is 5.54. The van der Waals surface area contributed by atoms with Crippen LogP contribution in [0.5, 0.6) is 11.5 Å². The molecule has 2 rings (SSSR count). The highest BCUT2D eigenvalue weighted by molar-refractivity contribution is 7.89. The second-order valence-electron chi connectivity index (χ2n) is 6.17. The molecule has 0 heterocycles. The molecule has 2 aromatic rings. The van der Waals surface area contributed by atoms with E-state index >= 15 is 0 Å². The van der Waals surface area contributed by atoms with Crippen LogP contribution in [-0.2, 0) is 14.8 Å². The first-order valence-corrected chi connectivity index (χ1v) is 10.6. The summed E-state index contributed by atoms with van der Waals surface area (Å²) in [7, 11) is -3.57. The molecule has 0 saturated carbocycles. The first-order valence-electron chi connectivity index (χ1n) is 9.12. The average molecular weight is 407 g/mol. The maximum absolute atomic E-state index is 12.2. The Labute approximate surface area is 166 Å². The zero-order valence-corrected chi connectivity index (χ0v) is 17.1. The lowest BCUT2D eigenvalue weighted by Crippen LogP contribution is -2.31. The molecule has 1 atom stereocenters. The van der Waals surface area contributed by atoms with Crippen LogP contribution in [0.4, 0.5) is 5.69 Å². The first-order chi connectivity index (χ1) is 13.4. The van der Waals surface area contributed by atoms with Crippen molar-refractivity contribution in [3.05, 3.63) is 48.5 Å². The van der Waals surface area contributed by atoms with Crippen molar-refractivity contribution in [3.8, 4) is 11.5 Å². The molecule has 0 radical (unpaired) electrons. The molecular formula is C20H26N2O5S. The van der Waals surface area contributed by atoms with E-state index in [1.807, 2.05) is 19.9 Å². The van der Waals surface area contributed by atoms with Crippen LogP contribution in [-0.4, -0.2) is 33.6 Å². The minimum atomic E-state index is -3.57. The molecular weight excluding hydrogens is 380 g/mol. The molecule has 0 aliphatic carbocycles. The largest absolute Gasteiger partial charge is 0.492 e. The summed E-state index contributed by atoms with van der Waals surface area (Å²) in [6.07, 6.45) is 0.696. The Kier molecular flexibility index (Phi) is 7.83. The number of rotatable bonds is 10. The molecule has 0 aromatic heterocycles. The van der Waals surface area contributed by atoms with Crippen LogP contribution in [0.25, 0.3) is 0 Å². The predicted octanol–water partition coefficient (Wildman–Crippen LogP) is 3.18. The summed E-state index contributed by atoms with van der Waals surface area (Å²) >= 11 is 0. The number of hydrogen-bond acceptors (Lipinski definition) is 5. The number of carbonyl (C=O) groups excluding carboxylic acids is 1. The van der Waals surface area contributed by atoms with Crippen LogP contribution < -0.4 is 19.5 Å². The van der Waals surface area contributed by atoms with Gasteiger partial charge in [0.25, 0.3) is 5.91 Å². The fourth-order valence-electron chi connectivity index (χ4n) is 2.32. The molecule has 0 aliphatic rings. The van der Waals surface area contributed by atoms with E-state index in [-0.39, 0.29) is 23.5 Å². The van der Waals surface area contributed by atoms with Crippen molar-refractivity contribution in [2.75, 3.05) is 18.5 Å². The van der Waals surface area contributed by atoms with E-state index in [0.717, 1.165) is 0 Å². The van der Waals surface area contributed by atoms with Crippen molar-refractivity contribution in [1.29, 1.82) is 0 Å². The Morgan fingerprint density at radius 3 is 2.36 bits per heavy atom. The number of hydrogen-bond donors (Lipinski definition) is 2. The molecule has 8 heteroatoms. The lowest BCUT2D eigenvalue weighted by molar-refractivity contribution is -0.118. The third kappa shape index (κ3) is 6.24. The molecule has 0 unspecified atom stereocenters. The fraction of sp³-hybridized carbons (Fsp3) is 0.350. The van der Waals surface area contributed by atoms with Crippen molar-refractivity contribution in [1.82, 2.24) is 4.72 Å². The summed E-state index contributed by atoms with van der Waals surface area (Å²) in [5.41, 5.74) is 0.565. The van der Waals surface area contributed by atoms with E-state index in [1.54, 1.807) is 25.1 Å². The minimum Gasteiger partial charge on any atom is -0.492 e. The molecule has 2 N–H and O–H groups in total. The van der Waals surface area contributed by atoms with E-state index < -0.39 is 10.0 Å². The van der Waals surface area contributed by atoms with Crippen molar-refractivity contribution in [2.24, 2.45) is 0 Å². The molecule has 28 heavy (non-hydrogen) atoms. The Bertz CT molecular complexity index is 882. The molecule has 2 aromatic carbocycles. The van der Waals surface area contributed by atoms with Crippen LogP contribution in [0, 0.1) is 0 Å². The van der Waals surface area contributed by atoms with Crippen LogP contribution in [0.2, 0.25) is 0 Å². The first kappa shape index (κ1) is 21.7. The van der Waals surface area contributed by atoms with Gasteiger partial charge in [0, 0.05) is 6.04 Å².